The lowest BCUT2D eigenvalue weighted by Gasteiger charge is -2.11. The molecule has 0 saturated heterocycles. The van der Waals surface area contributed by atoms with Crippen LogP contribution in [0.4, 0.5) is 4.39 Å². The number of pyridine rings is 1. The quantitative estimate of drug-likeness (QED) is 0.674. The van der Waals surface area contributed by atoms with E-state index in [-0.39, 0.29) is 18.1 Å². The molecule has 0 N–H and O–H groups in total. The number of nitrogens with zero attached hydrogens (tertiary/aromatic N) is 1. The fourth-order valence-corrected chi connectivity index (χ4v) is 2.51. The molecule has 0 fully saturated rings. The molecule has 0 saturated carbocycles. The Morgan fingerprint density at radius 3 is 2.54 bits per heavy atom. The second-order valence-electron chi connectivity index (χ2n) is 5.17. The highest BCUT2D eigenvalue weighted by Crippen LogP contribution is 2.31. The largest absolute Gasteiger partial charge is 0.497 e. The van der Waals surface area contributed by atoms with Crippen LogP contribution in [0.15, 0.2) is 48.5 Å². The number of halogens is 1. The van der Waals surface area contributed by atoms with Crippen molar-refractivity contribution in [2.24, 2.45) is 0 Å². The lowest BCUT2D eigenvalue weighted by Crippen LogP contribution is -2.07. The second-order valence-corrected chi connectivity index (χ2v) is 5.17. The lowest BCUT2D eigenvalue weighted by atomic mass is 10.00. The van der Waals surface area contributed by atoms with Crippen LogP contribution in [-0.2, 0) is 4.74 Å². The molecule has 0 unspecified atom stereocenters. The van der Waals surface area contributed by atoms with Crippen LogP contribution in [0.2, 0.25) is 0 Å². The minimum atomic E-state index is -0.487. The van der Waals surface area contributed by atoms with E-state index in [0.717, 1.165) is 16.5 Å². The van der Waals surface area contributed by atoms with Crippen molar-refractivity contribution < 1.29 is 18.7 Å². The summed E-state index contributed by atoms with van der Waals surface area (Å²) < 4.78 is 23.6. The molecular formula is C19H16FNO3. The van der Waals surface area contributed by atoms with Gasteiger partial charge in [-0.15, -0.1) is 0 Å². The molecule has 0 bridgehead atoms. The van der Waals surface area contributed by atoms with E-state index in [4.69, 9.17) is 9.47 Å². The van der Waals surface area contributed by atoms with Crippen LogP contribution in [0.5, 0.6) is 5.75 Å². The third-order valence-corrected chi connectivity index (χ3v) is 3.66. The molecule has 122 valence electrons. The Morgan fingerprint density at radius 2 is 1.88 bits per heavy atom. The third kappa shape index (κ3) is 3.06. The average molecular weight is 325 g/mol. The van der Waals surface area contributed by atoms with E-state index < -0.39 is 5.97 Å². The SMILES string of the molecule is CCOC(=O)c1cc(-c2ccc(F)cc2)c2cc(OC)ccc2n1. The molecule has 3 rings (SSSR count). The second kappa shape index (κ2) is 6.66. The molecule has 0 aliphatic heterocycles. The normalized spacial score (nSPS) is 10.6. The first kappa shape index (κ1) is 15.9. The molecule has 4 nitrogen and oxygen atoms in total. The zero-order valence-electron chi connectivity index (χ0n) is 13.4. The van der Waals surface area contributed by atoms with Gasteiger partial charge in [0.25, 0.3) is 0 Å². The van der Waals surface area contributed by atoms with E-state index in [0.29, 0.717) is 11.3 Å². The number of ether oxygens (including phenoxy) is 2. The van der Waals surface area contributed by atoms with Crippen LogP contribution < -0.4 is 4.74 Å². The number of aromatic nitrogens is 1. The highest BCUT2D eigenvalue weighted by atomic mass is 19.1. The number of hydrogen-bond donors (Lipinski definition) is 0. The number of hydrogen-bond acceptors (Lipinski definition) is 4. The minimum Gasteiger partial charge on any atom is -0.497 e. The van der Waals surface area contributed by atoms with E-state index in [1.54, 1.807) is 44.4 Å². The van der Waals surface area contributed by atoms with Crippen LogP contribution >= 0.6 is 0 Å². The summed E-state index contributed by atoms with van der Waals surface area (Å²) in [6, 6.07) is 13.2. The topological polar surface area (TPSA) is 48.4 Å². The van der Waals surface area contributed by atoms with Gasteiger partial charge in [-0.05, 0) is 54.4 Å². The maximum atomic E-state index is 13.2. The number of fused-ring (bicyclic) bond motifs is 1. The summed E-state index contributed by atoms with van der Waals surface area (Å²) >= 11 is 0. The summed E-state index contributed by atoms with van der Waals surface area (Å²) in [5.41, 5.74) is 2.40. The fourth-order valence-electron chi connectivity index (χ4n) is 2.51. The van der Waals surface area contributed by atoms with Crippen molar-refractivity contribution >= 4 is 16.9 Å². The predicted molar refractivity (Wildman–Crippen MR) is 89.6 cm³/mol. The Hall–Kier alpha value is -2.95. The van der Waals surface area contributed by atoms with Crippen LogP contribution in [0.1, 0.15) is 17.4 Å². The van der Waals surface area contributed by atoms with Crippen molar-refractivity contribution in [3.8, 4) is 16.9 Å². The third-order valence-electron chi connectivity index (χ3n) is 3.66. The molecule has 0 atom stereocenters. The molecule has 0 amide bonds. The summed E-state index contributed by atoms with van der Waals surface area (Å²) in [6.07, 6.45) is 0. The number of esters is 1. The zero-order valence-corrected chi connectivity index (χ0v) is 13.4. The first-order valence-electron chi connectivity index (χ1n) is 7.54. The Morgan fingerprint density at radius 1 is 1.12 bits per heavy atom. The first-order chi connectivity index (χ1) is 11.6. The molecular weight excluding hydrogens is 309 g/mol. The van der Waals surface area contributed by atoms with E-state index in [2.05, 4.69) is 4.98 Å². The van der Waals surface area contributed by atoms with Gasteiger partial charge in [0.2, 0.25) is 0 Å². The van der Waals surface area contributed by atoms with E-state index >= 15 is 0 Å². The van der Waals surface area contributed by atoms with Crippen molar-refractivity contribution in [1.29, 1.82) is 0 Å². The molecule has 3 aromatic rings. The van der Waals surface area contributed by atoms with Crippen molar-refractivity contribution in [2.75, 3.05) is 13.7 Å². The lowest BCUT2D eigenvalue weighted by molar-refractivity contribution is 0.0520. The minimum absolute atomic E-state index is 0.217. The van der Waals surface area contributed by atoms with Gasteiger partial charge in [0.1, 0.15) is 17.3 Å². The van der Waals surface area contributed by atoms with Gasteiger partial charge in [-0.1, -0.05) is 12.1 Å². The number of rotatable bonds is 4. The molecule has 24 heavy (non-hydrogen) atoms. The van der Waals surface area contributed by atoms with Crippen LogP contribution in [0, 0.1) is 5.82 Å². The Bertz CT molecular complexity index is 891. The van der Waals surface area contributed by atoms with Crippen molar-refractivity contribution in [1.82, 2.24) is 4.98 Å². The zero-order chi connectivity index (χ0) is 17.1. The van der Waals surface area contributed by atoms with Gasteiger partial charge >= 0.3 is 5.97 Å². The van der Waals surface area contributed by atoms with Gasteiger partial charge in [-0.3, -0.25) is 0 Å². The van der Waals surface area contributed by atoms with Crippen LogP contribution in [0.25, 0.3) is 22.0 Å². The summed E-state index contributed by atoms with van der Waals surface area (Å²) in [4.78, 5) is 16.4. The first-order valence-corrected chi connectivity index (χ1v) is 7.54. The number of methoxy groups -OCH3 is 1. The average Bonchev–Trinajstić information content (AvgIpc) is 2.61. The number of benzene rings is 2. The molecule has 1 heterocycles. The summed E-state index contributed by atoms with van der Waals surface area (Å²) in [5, 5.41) is 0.814. The van der Waals surface area contributed by atoms with Gasteiger partial charge < -0.3 is 9.47 Å². The maximum Gasteiger partial charge on any atom is 0.356 e. The number of carbonyl (C=O) groups excluding carboxylic acids is 1. The molecule has 0 aliphatic rings. The van der Waals surface area contributed by atoms with Gasteiger partial charge in [-0.25, -0.2) is 14.2 Å². The van der Waals surface area contributed by atoms with Gasteiger partial charge in [0.15, 0.2) is 0 Å². The highest BCUT2D eigenvalue weighted by Gasteiger charge is 2.15. The van der Waals surface area contributed by atoms with Crippen molar-refractivity contribution in [3.63, 3.8) is 0 Å². The summed E-state index contributed by atoms with van der Waals surface area (Å²) in [5.74, 6) is -0.129. The summed E-state index contributed by atoms with van der Waals surface area (Å²) in [7, 11) is 1.58. The molecule has 2 aromatic carbocycles. The van der Waals surface area contributed by atoms with Gasteiger partial charge in [0, 0.05) is 5.39 Å². The van der Waals surface area contributed by atoms with E-state index in [1.165, 1.54) is 12.1 Å². The molecule has 0 aliphatic carbocycles. The maximum absolute atomic E-state index is 13.2. The molecule has 5 heteroatoms. The van der Waals surface area contributed by atoms with Crippen molar-refractivity contribution in [3.05, 3.63) is 60.0 Å². The van der Waals surface area contributed by atoms with Gasteiger partial charge in [0.05, 0.1) is 19.2 Å². The Kier molecular flexibility index (Phi) is 4.42. The Labute approximate surface area is 138 Å². The number of carbonyl (C=O) groups is 1. The fraction of sp³-hybridized carbons (Fsp3) is 0.158. The predicted octanol–water partition coefficient (Wildman–Crippen LogP) is 4.23. The van der Waals surface area contributed by atoms with Crippen molar-refractivity contribution in [2.45, 2.75) is 6.92 Å². The monoisotopic (exact) mass is 325 g/mol. The van der Waals surface area contributed by atoms with Crippen LogP contribution in [0.3, 0.4) is 0 Å². The highest BCUT2D eigenvalue weighted by molar-refractivity contribution is 6.00. The van der Waals surface area contributed by atoms with E-state index in [1.807, 2.05) is 6.07 Å². The van der Waals surface area contributed by atoms with Gasteiger partial charge in [-0.2, -0.15) is 0 Å². The molecule has 0 radical (unpaired) electrons. The smallest absolute Gasteiger partial charge is 0.356 e. The van der Waals surface area contributed by atoms with Crippen LogP contribution in [-0.4, -0.2) is 24.7 Å². The molecule has 1 aromatic heterocycles. The summed E-state index contributed by atoms with van der Waals surface area (Å²) in [6.45, 7) is 2.01. The van der Waals surface area contributed by atoms with E-state index in [9.17, 15) is 9.18 Å². The molecule has 0 spiro atoms. The Balaban J connectivity index is 2.25. The standard InChI is InChI=1S/C19H16FNO3/c1-3-24-19(22)18-11-15(12-4-6-13(20)7-5-12)16-10-14(23-2)8-9-17(16)21-18/h4-11H,3H2,1-2H3.